The number of pyridine rings is 1. The predicted molar refractivity (Wildman–Crippen MR) is 127 cm³/mol. The maximum Gasteiger partial charge on any atom is 0.341 e. The van der Waals surface area contributed by atoms with Crippen LogP contribution in [0.5, 0.6) is 5.88 Å². The van der Waals surface area contributed by atoms with Crippen molar-refractivity contribution in [1.82, 2.24) is 4.98 Å². The lowest BCUT2D eigenvalue weighted by atomic mass is 10.0. The highest BCUT2D eigenvalue weighted by Crippen LogP contribution is 2.35. The van der Waals surface area contributed by atoms with Gasteiger partial charge < -0.3 is 20.3 Å². The zero-order valence-electron chi connectivity index (χ0n) is 18.3. The summed E-state index contributed by atoms with van der Waals surface area (Å²) in [6.45, 7) is 6.09. The van der Waals surface area contributed by atoms with E-state index in [0.717, 1.165) is 23.2 Å². The van der Waals surface area contributed by atoms with Crippen molar-refractivity contribution in [2.45, 2.75) is 27.2 Å². The number of carboxylic acid groups (broad SMARTS) is 1. The fraction of sp³-hybridized carbons (Fsp3) is 0.381. The molecule has 1 aromatic carbocycles. The summed E-state index contributed by atoms with van der Waals surface area (Å²) in [5.41, 5.74) is 8.20. The second-order valence-corrected chi connectivity index (χ2v) is 7.47. The number of hydrogen-bond acceptors (Lipinski definition) is 6. The number of hydrogen-bond donors (Lipinski definition) is 2. The van der Waals surface area contributed by atoms with Gasteiger partial charge in [-0.15, -0.1) is 11.6 Å². The van der Waals surface area contributed by atoms with Gasteiger partial charge in [-0.3, -0.25) is 9.69 Å². The lowest BCUT2D eigenvalue weighted by Crippen LogP contribution is -2.35. The van der Waals surface area contributed by atoms with E-state index in [4.69, 9.17) is 50.4 Å². The minimum absolute atomic E-state index is 0.0371. The smallest absolute Gasteiger partial charge is 0.341 e. The third kappa shape index (κ3) is 8.19. The molecular weight excluding hydrogens is 500 g/mol. The number of carboxylic acids is 1. The van der Waals surface area contributed by atoms with E-state index < -0.39 is 29.4 Å². The molecule has 0 saturated heterocycles. The quantitative estimate of drug-likeness (QED) is 0.278. The van der Waals surface area contributed by atoms with E-state index in [1.165, 1.54) is 0 Å². The number of amides is 1. The number of para-hydroxylation sites is 1. The Kier molecular flexibility index (Phi) is 12.2. The Hall–Kier alpha value is -2.33. The summed E-state index contributed by atoms with van der Waals surface area (Å²) in [4.78, 5) is 27.0. The SMILES string of the molecule is CCOCN(C(=O)CCl)c1c(C)cccc1CC.Nc1c(Cl)c(F)nc(OCC(=O)O)c1Cl. The van der Waals surface area contributed by atoms with Gasteiger partial charge in [-0.05, 0) is 31.4 Å². The molecule has 0 fully saturated rings. The molecule has 33 heavy (non-hydrogen) atoms. The number of carbonyl (C=O) groups is 2. The number of anilines is 2. The van der Waals surface area contributed by atoms with E-state index in [9.17, 15) is 14.0 Å². The minimum Gasteiger partial charge on any atom is -0.479 e. The average molecular weight is 525 g/mol. The van der Waals surface area contributed by atoms with E-state index in [2.05, 4.69) is 16.6 Å². The topological polar surface area (TPSA) is 115 Å². The van der Waals surface area contributed by atoms with Crippen LogP contribution in [0.15, 0.2) is 18.2 Å². The van der Waals surface area contributed by atoms with Gasteiger partial charge in [-0.2, -0.15) is 9.37 Å². The third-order valence-electron chi connectivity index (χ3n) is 4.19. The number of ether oxygens (including phenoxy) is 2. The van der Waals surface area contributed by atoms with Crippen LogP contribution in [0.3, 0.4) is 0 Å². The van der Waals surface area contributed by atoms with Gasteiger partial charge in [0, 0.05) is 6.61 Å². The Morgan fingerprint density at radius 3 is 2.45 bits per heavy atom. The fourth-order valence-corrected chi connectivity index (χ4v) is 3.16. The predicted octanol–water partition coefficient (Wildman–Crippen LogP) is 4.70. The largest absolute Gasteiger partial charge is 0.479 e. The Morgan fingerprint density at radius 2 is 1.91 bits per heavy atom. The second kappa shape index (κ2) is 14.0. The van der Waals surface area contributed by atoms with Crippen molar-refractivity contribution < 1.29 is 28.6 Å². The molecule has 0 radical (unpaired) electrons. The Labute approximate surface area is 206 Å². The molecule has 2 rings (SSSR count). The van der Waals surface area contributed by atoms with Crippen molar-refractivity contribution in [3.05, 3.63) is 45.3 Å². The molecule has 3 N–H and O–H groups in total. The number of nitrogens with zero attached hydrogens (tertiary/aromatic N) is 2. The molecule has 2 aromatic rings. The highest BCUT2D eigenvalue weighted by molar-refractivity contribution is 6.39. The number of carbonyl (C=O) groups excluding carboxylic acids is 1. The van der Waals surface area contributed by atoms with Gasteiger partial charge in [0.05, 0.1) is 11.4 Å². The number of rotatable bonds is 9. The molecule has 12 heteroatoms. The lowest BCUT2D eigenvalue weighted by molar-refractivity contribution is -0.139. The number of aliphatic carboxylic acids is 1. The third-order valence-corrected chi connectivity index (χ3v) is 5.14. The van der Waals surface area contributed by atoms with Crippen LogP contribution >= 0.6 is 34.8 Å². The maximum atomic E-state index is 12.9. The van der Waals surface area contributed by atoms with Gasteiger partial charge in [0.1, 0.15) is 22.7 Å². The second-order valence-electron chi connectivity index (χ2n) is 6.45. The first-order valence-corrected chi connectivity index (χ1v) is 11.0. The molecule has 0 bridgehead atoms. The van der Waals surface area contributed by atoms with Crippen LogP contribution in [0.1, 0.15) is 25.0 Å². The maximum absolute atomic E-state index is 12.9. The summed E-state index contributed by atoms with van der Waals surface area (Å²) in [5.74, 6) is -2.89. The van der Waals surface area contributed by atoms with Crippen LogP contribution in [0.25, 0.3) is 0 Å². The van der Waals surface area contributed by atoms with Crippen LogP contribution in [-0.2, 0) is 20.7 Å². The summed E-state index contributed by atoms with van der Waals surface area (Å²) < 4.78 is 22.9. The van der Waals surface area contributed by atoms with Gasteiger partial charge in [0.2, 0.25) is 17.7 Å². The van der Waals surface area contributed by atoms with Crippen molar-refractivity contribution >= 4 is 58.1 Å². The standard InChI is InChI=1S/C14H20ClNO2.C7H5Cl2FN2O3/c1-4-12-8-6-7-11(3)14(12)16(10-18-5-2)13(17)9-15;8-3-5(11)4(9)7(12-6(3)10)15-1-2(13)14/h6-8H,4-5,9-10H2,1-3H3;1H2,(H2,11,12)(H,13,14). The summed E-state index contributed by atoms with van der Waals surface area (Å²) in [7, 11) is 0. The highest BCUT2D eigenvalue weighted by Gasteiger charge is 2.19. The normalized spacial score (nSPS) is 10.3. The van der Waals surface area contributed by atoms with Crippen LogP contribution in [0.2, 0.25) is 10.0 Å². The van der Waals surface area contributed by atoms with Crippen molar-refractivity contribution in [3.8, 4) is 5.88 Å². The van der Waals surface area contributed by atoms with E-state index >= 15 is 0 Å². The van der Waals surface area contributed by atoms with E-state index in [0.29, 0.717) is 6.61 Å². The fourth-order valence-electron chi connectivity index (χ4n) is 2.64. The van der Waals surface area contributed by atoms with Gasteiger partial charge in [-0.1, -0.05) is 48.3 Å². The summed E-state index contributed by atoms with van der Waals surface area (Å²) in [6.07, 6.45) is 0.870. The molecule has 8 nitrogen and oxygen atoms in total. The molecule has 0 aliphatic rings. The molecule has 0 spiro atoms. The summed E-state index contributed by atoms with van der Waals surface area (Å²) >= 11 is 16.7. The number of aromatic nitrogens is 1. The summed E-state index contributed by atoms with van der Waals surface area (Å²) in [6, 6.07) is 6.03. The van der Waals surface area contributed by atoms with Crippen molar-refractivity contribution in [2.75, 3.05) is 36.5 Å². The van der Waals surface area contributed by atoms with Crippen molar-refractivity contribution in [3.63, 3.8) is 0 Å². The first kappa shape index (κ1) is 28.7. The van der Waals surface area contributed by atoms with E-state index in [1.54, 1.807) is 4.90 Å². The van der Waals surface area contributed by atoms with Crippen molar-refractivity contribution in [2.24, 2.45) is 0 Å². The van der Waals surface area contributed by atoms with Gasteiger partial charge in [0.15, 0.2) is 6.61 Å². The number of halogens is 4. The van der Waals surface area contributed by atoms with Crippen LogP contribution in [-0.4, -0.2) is 47.8 Å². The molecule has 0 aliphatic heterocycles. The van der Waals surface area contributed by atoms with Crippen LogP contribution in [0.4, 0.5) is 15.8 Å². The molecule has 0 aliphatic carbocycles. The number of nitrogen functional groups attached to an aromatic ring is 1. The Morgan fingerprint density at radius 1 is 1.24 bits per heavy atom. The van der Waals surface area contributed by atoms with Gasteiger partial charge in [-0.25, -0.2) is 4.79 Å². The number of alkyl halides is 1. The number of nitrogens with two attached hydrogens (primary N) is 1. The lowest BCUT2D eigenvalue weighted by Gasteiger charge is -2.25. The molecule has 0 saturated carbocycles. The molecule has 0 unspecified atom stereocenters. The van der Waals surface area contributed by atoms with Crippen molar-refractivity contribution in [1.29, 1.82) is 0 Å². The first-order valence-electron chi connectivity index (χ1n) is 9.75. The molecule has 0 atom stereocenters. The summed E-state index contributed by atoms with van der Waals surface area (Å²) in [5, 5.41) is 7.66. The Bertz CT molecular complexity index is 979. The van der Waals surface area contributed by atoms with Gasteiger partial charge >= 0.3 is 5.97 Å². The number of aryl methyl sites for hydroxylation is 2. The minimum atomic E-state index is -1.25. The van der Waals surface area contributed by atoms with E-state index in [-0.39, 0.29) is 29.2 Å². The zero-order chi connectivity index (χ0) is 25.1. The first-order chi connectivity index (χ1) is 15.6. The molecular formula is C21H25Cl3FN3O5. The molecule has 182 valence electrons. The zero-order valence-corrected chi connectivity index (χ0v) is 20.6. The monoisotopic (exact) mass is 523 g/mol. The number of benzene rings is 1. The average Bonchev–Trinajstić information content (AvgIpc) is 2.80. The van der Waals surface area contributed by atoms with E-state index in [1.807, 2.05) is 32.0 Å². The van der Waals surface area contributed by atoms with Crippen LogP contribution < -0.4 is 15.4 Å². The van der Waals surface area contributed by atoms with Crippen LogP contribution in [0, 0.1) is 12.9 Å². The Balaban J connectivity index is 0.000000335. The van der Waals surface area contributed by atoms with Gasteiger partial charge in [0.25, 0.3) is 0 Å². The molecule has 1 amide bonds. The highest BCUT2D eigenvalue weighted by atomic mass is 35.5. The molecule has 1 aromatic heterocycles. The molecule has 1 heterocycles.